The van der Waals surface area contributed by atoms with E-state index >= 15 is 0 Å². The SMILES string of the molecule is C[C](CCc1cccc(C)c1)c1ccc(C)cc1. The van der Waals surface area contributed by atoms with Crippen molar-refractivity contribution in [3.63, 3.8) is 0 Å². The summed E-state index contributed by atoms with van der Waals surface area (Å²) >= 11 is 0. The average Bonchev–Trinajstić information content (AvgIpc) is 2.37. The van der Waals surface area contributed by atoms with Crippen LogP contribution in [0.2, 0.25) is 0 Å². The van der Waals surface area contributed by atoms with Crippen LogP contribution in [0.15, 0.2) is 48.5 Å². The summed E-state index contributed by atoms with van der Waals surface area (Å²) in [6.45, 7) is 6.52. The van der Waals surface area contributed by atoms with Gasteiger partial charge in [0.2, 0.25) is 0 Å². The summed E-state index contributed by atoms with van der Waals surface area (Å²) < 4.78 is 0. The Balaban J connectivity index is 1.96. The lowest BCUT2D eigenvalue weighted by atomic mass is 9.93. The third kappa shape index (κ3) is 3.46. The second-order valence-corrected chi connectivity index (χ2v) is 5.14. The van der Waals surface area contributed by atoms with Crippen LogP contribution < -0.4 is 0 Å². The molecule has 18 heavy (non-hydrogen) atoms. The van der Waals surface area contributed by atoms with Crippen molar-refractivity contribution in [2.75, 3.05) is 0 Å². The highest BCUT2D eigenvalue weighted by Gasteiger charge is 2.06. The highest BCUT2D eigenvalue weighted by molar-refractivity contribution is 5.32. The summed E-state index contributed by atoms with van der Waals surface area (Å²) in [6, 6.07) is 17.6. The number of rotatable bonds is 4. The summed E-state index contributed by atoms with van der Waals surface area (Å²) in [7, 11) is 0. The standard InChI is InChI=1S/C18H21/c1-14-7-11-18(12-8-14)16(3)9-10-17-6-4-5-15(2)13-17/h4-8,11-13H,9-10H2,1-3H3. The molecule has 0 aliphatic heterocycles. The van der Waals surface area contributed by atoms with E-state index in [1.54, 1.807) is 0 Å². The first kappa shape index (κ1) is 12.9. The molecule has 0 amide bonds. The molecule has 0 nitrogen and oxygen atoms in total. The van der Waals surface area contributed by atoms with E-state index in [-0.39, 0.29) is 0 Å². The van der Waals surface area contributed by atoms with Crippen molar-refractivity contribution in [2.24, 2.45) is 0 Å². The third-order valence-corrected chi connectivity index (χ3v) is 3.42. The molecular formula is C18H21. The summed E-state index contributed by atoms with van der Waals surface area (Å²) in [5.74, 6) is 1.47. The predicted molar refractivity (Wildman–Crippen MR) is 78.7 cm³/mol. The average molecular weight is 237 g/mol. The van der Waals surface area contributed by atoms with Gasteiger partial charge in [0, 0.05) is 5.92 Å². The summed E-state index contributed by atoms with van der Waals surface area (Å²) in [5, 5.41) is 0. The Kier molecular flexibility index (Phi) is 4.19. The first-order valence-electron chi connectivity index (χ1n) is 6.60. The maximum atomic E-state index is 2.28. The third-order valence-electron chi connectivity index (χ3n) is 3.42. The Morgan fingerprint density at radius 1 is 0.889 bits per heavy atom. The Bertz CT molecular complexity index is 494. The van der Waals surface area contributed by atoms with E-state index in [2.05, 4.69) is 69.3 Å². The first-order chi connectivity index (χ1) is 8.65. The van der Waals surface area contributed by atoms with Gasteiger partial charge in [-0.15, -0.1) is 0 Å². The van der Waals surface area contributed by atoms with E-state index in [9.17, 15) is 0 Å². The van der Waals surface area contributed by atoms with Crippen LogP contribution in [0.3, 0.4) is 0 Å². The van der Waals surface area contributed by atoms with Crippen molar-refractivity contribution in [3.8, 4) is 0 Å². The van der Waals surface area contributed by atoms with E-state index in [0.717, 1.165) is 12.8 Å². The van der Waals surface area contributed by atoms with Crippen LogP contribution in [-0.4, -0.2) is 0 Å². The summed E-state index contributed by atoms with van der Waals surface area (Å²) in [4.78, 5) is 0. The molecule has 93 valence electrons. The van der Waals surface area contributed by atoms with E-state index in [0.29, 0.717) is 0 Å². The van der Waals surface area contributed by atoms with Gasteiger partial charge in [-0.2, -0.15) is 0 Å². The lowest BCUT2D eigenvalue weighted by Gasteiger charge is -2.11. The maximum absolute atomic E-state index is 2.28. The van der Waals surface area contributed by atoms with Gasteiger partial charge < -0.3 is 0 Å². The molecule has 0 aromatic heterocycles. The topological polar surface area (TPSA) is 0 Å². The van der Waals surface area contributed by atoms with Gasteiger partial charge in [-0.05, 0) is 37.8 Å². The van der Waals surface area contributed by atoms with Crippen LogP contribution in [0.1, 0.15) is 35.6 Å². The van der Waals surface area contributed by atoms with Crippen molar-refractivity contribution < 1.29 is 0 Å². The molecule has 0 spiro atoms. The minimum absolute atomic E-state index is 1.13. The van der Waals surface area contributed by atoms with Gasteiger partial charge in [0.1, 0.15) is 0 Å². The molecular weight excluding hydrogens is 216 g/mol. The van der Waals surface area contributed by atoms with Crippen molar-refractivity contribution in [1.29, 1.82) is 0 Å². The summed E-state index contributed by atoms with van der Waals surface area (Å²) in [5.41, 5.74) is 5.47. The quantitative estimate of drug-likeness (QED) is 0.711. The van der Waals surface area contributed by atoms with Crippen LogP contribution in [0.4, 0.5) is 0 Å². The molecule has 0 unspecified atom stereocenters. The number of benzene rings is 2. The molecule has 0 fully saturated rings. The molecule has 2 rings (SSSR count). The lowest BCUT2D eigenvalue weighted by Crippen LogP contribution is -1.97. The molecule has 0 N–H and O–H groups in total. The minimum Gasteiger partial charge on any atom is -0.0617 e. The zero-order valence-corrected chi connectivity index (χ0v) is 11.5. The van der Waals surface area contributed by atoms with E-state index < -0.39 is 0 Å². The van der Waals surface area contributed by atoms with Crippen molar-refractivity contribution in [1.82, 2.24) is 0 Å². The van der Waals surface area contributed by atoms with Crippen LogP contribution in [-0.2, 0) is 6.42 Å². The van der Waals surface area contributed by atoms with Crippen LogP contribution in [0, 0.1) is 19.8 Å². The van der Waals surface area contributed by atoms with Crippen LogP contribution >= 0.6 is 0 Å². The molecule has 1 radical (unpaired) electrons. The fourth-order valence-electron chi connectivity index (χ4n) is 2.18. The fourth-order valence-corrected chi connectivity index (χ4v) is 2.18. The highest BCUT2D eigenvalue weighted by atomic mass is 14.1. The fraction of sp³-hybridized carbons (Fsp3) is 0.278. The van der Waals surface area contributed by atoms with E-state index in [4.69, 9.17) is 0 Å². The molecule has 2 aromatic rings. The normalized spacial score (nSPS) is 10.9. The minimum atomic E-state index is 1.13. The molecule has 0 saturated carbocycles. The monoisotopic (exact) mass is 237 g/mol. The molecule has 0 saturated heterocycles. The smallest absolute Gasteiger partial charge is 0.00221 e. The Hall–Kier alpha value is -1.56. The van der Waals surface area contributed by atoms with Gasteiger partial charge in [-0.3, -0.25) is 0 Å². The number of hydrogen-bond acceptors (Lipinski definition) is 0. The molecule has 0 aliphatic rings. The van der Waals surface area contributed by atoms with Gasteiger partial charge in [-0.1, -0.05) is 66.6 Å². The second-order valence-electron chi connectivity index (χ2n) is 5.14. The Morgan fingerprint density at radius 3 is 2.28 bits per heavy atom. The largest absolute Gasteiger partial charge is 0.0617 e. The van der Waals surface area contributed by atoms with Gasteiger partial charge in [0.15, 0.2) is 0 Å². The predicted octanol–water partition coefficient (Wildman–Crippen LogP) is 4.88. The molecule has 0 aliphatic carbocycles. The first-order valence-corrected chi connectivity index (χ1v) is 6.60. The maximum Gasteiger partial charge on any atom is 0.00221 e. The van der Waals surface area contributed by atoms with Gasteiger partial charge in [0.25, 0.3) is 0 Å². The van der Waals surface area contributed by atoms with E-state index in [1.807, 2.05) is 0 Å². The van der Waals surface area contributed by atoms with Crippen molar-refractivity contribution in [2.45, 2.75) is 33.6 Å². The molecule has 0 bridgehead atoms. The summed E-state index contributed by atoms with van der Waals surface area (Å²) in [6.07, 6.45) is 2.26. The highest BCUT2D eigenvalue weighted by Crippen LogP contribution is 2.20. The van der Waals surface area contributed by atoms with Crippen LogP contribution in [0.25, 0.3) is 0 Å². The van der Waals surface area contributed by atoms with E-state index in [1.165, 1.54) is 28.2 Å². The lowest BCUT2D eigenvalue weighted by molar-refractivity contribution is 0.854. The van der Waals surface area contributed by atoms with Crippen molar-refractivity contribution in [3.05, 3.63) is 76.7 Å². The van der Waals surface area contributed by atoms with Gasteiger partial charge in [0.05, 0.1) is 0 Å². The van der Waals surface area contributed by atoms with Gasteiger partial charge in [-0.25, -0.2) is 0 Å². The molecule has 0 heteroatoms. The molecule has 0 atom stereocenters. The van der Waals surface area contributed by atoms with Gasteiger partial charge >= 0.3 is 0 Å². The molecule has 2 aromatic carbocycles. The number of aryl methyl sites for hydroxylation is 3. The second kappa shape index (κ2) is 5.86. The van der Waals surface area contributed by atoms with Crippen LogP contribution in [0.5, 0.6) is 0 Å². The number of hydrogen-bond donors (Lipinski definition) is 0. The van der Waals surface area contributed by atoms with Crippen molar-refractivity contribution >= 4 is 0 Å². The molecule has 0 heterocycles. The zero-order chi connectivity index (χ0) is 13.0. The Morgan fingerprint density at radius 2 is 1.61 bits per heavy atom. The Labute approximate surface area is 111 Å². The zero-order valence-electron chi connectivity index (χ0n) is 11.5.